The van der Waals surface area contributed by atoms with E-state index in [4.69, 9.17) is 4.74 Å². The first-order chi connectivity index (χ1) is 11.5. The molecular formula is C18H35NO5. The molecule has 0 aliphatic carbocycles. The maximum absolute atomic E-state index is 11.9. The summed E-state index contributed by atoms with van der Waals surface area (Å²) in [7, 11) is 0. The van der Waals surface area contributed by atoms with Gasteiger partial charge in [-0.1, -0.05) is 58.3 Å². The Morgan fingerprint density at radius 1 is 0.917 bits per heavy atom. The minimum atomic E-state index is -1.30. The van der Waals surface area contributed by atoms with E-state index in [2.05, 4.69) is 12.2 Å². The van der Waals surface area contributed by atoms with Gasteiger partial charge in [-0.05, 0) is 13.3 Å². The molecule has 0 unspecified atom stereocenters. The Hall–Kier alpha value is -0.690. The van der Waals surface area contributed by atoms with Crippen LogP contribution in [0.15, 0.2) is 0 Å². The monoisotopic (exact) mass is 345 g/mol. The largest absolute Gasteiger partial charge is 0.388 e. The van der Waals surface area contributed by atoms with E-state index in [0.717, 1.165) is 19.3 Å². The second kappa shape index (κ2) is 11.8. The van der Waals surface area contributed by atoms with Crippen LogP contribution < -0.4 is 5.32 Å². The number of carbonyl (C=O) groups excluding carboxylic acids is 1. The number of ether oxygens (including phenoxy) is 1. The molecule has 1 aliphatic rings. The average molecular weight is 345 g/mol. The molecule has 1 heterocycles. The predicted molar refractivity (Wildman–Crippen MR) is 92.3 cm³/mol. The van der Waals surface area contributed by atoms with Gasteiger partial charge in [0.15, 0.2) is 6.29 Å². The molecule has 1 amide bonds. The molecule has 1 fully saturated rings. The van der Waals surface area contributed by atoms with Crippen molar-refractivity contribution < 1.29 is 24.9 Å². The zero-order chi connectivity index (χ0) is 17.9. The van der Waals surface area contributed by atoms with Gasteiger partial charge in [0, 0.05) is 6.42 Å². The molecule has 6 heteroatoms. The molecule has 5 atom stereocenters. The number of amides is 1. The van der Waals surface area contributed by atoms with Crippen LogP contribution in [0.1, 0.15) is 78.1 Å². The Kier molecular flexibility index (Phi) is 10.5. The lowest BCUT2D eigenvalue weighted by atomic mass is 9.97. The van der Waals surface area contributed by atoms with Crippen molar-refractivity contribution >= 4 is 5.91 Å². The lowest BCUT2D eigenvalue weighted by Gasteiger charge is -2.39. The van der Waals surface area contributed by atoms with E-state index in [9.17, 15) is 20.1 Å². The van der Waals surface area contributed by atoms with Crippen LogP contribution in [0.4, 0.5) is 0 Å². The predicted octanol–water partition coefficient (Wildman–Crippen LogP) is 1.85. The molecule has 24 heavy (non-hydrogen) atoms. The van der Waals surface area contributed by atoms with E-state index in [1.165, 1.54) is 38.5 Å². The second-order valence-corrected chi connectivity index (χ2v) is 6.88. The third kappa shape index (κ3) is 7.47. The van der Waals surface area contributed by atoms with E-state index in [1.807, 2.05) is 0 Å². The van der Waals surface area contributed by atoms with Gasteiger partial charge in [0.2, 0.25) is 5.91 Å². The van der Waals surface area contributed by atoms with Gasteiger partial charge in [0.05, 0.1) is 6.10 Å². The zero-order valence-electron chi connectivity index (χ0n) is 15.1. The number of aliphatic hydroxyl groups is 3. The number of unbranched alkanes of at least 4 members (excludes halogenated alkanes) is 8. The molecule has 1 rings (SSSR count). The molecule has 0 radical (unpaired) electrons. The van der Waals surface area contributed by atoms with Gasteiger partial charge in [-0.3, -0.25) is 4.79 Å². The molecule has 0 aromatic carbocycles. The van der Waals surface area contributed by atoms with Gasteiger partial charge >= 0.3 is 0 Å². The van der Waals surface area contributed by atoms with Crippen LogP contribution >= 0.6 is 0 Å². The highest BCUT2D eigenvalue weighted by Gasteiger charge is 2.42. The molecule has 4 N–H and O–H groups in total. The molecule has 1 aliphatic heterocycles. The van der Waals surface area contributed by atoms with Gasteiger partial charge in [-0.15, -0.1) is 0 Å². The lowest BCUT2D eigenvalue weighted by molar-refractivity contribution is -0.242. The summed E-state index contributed by atoms with van der Waals surface area (Å²) >= 11 is 0. The molecule has 0 aromatic rings. The van der Waals surface area contributed by atoms with Crippen LogP contribution in [0.2, 0.25) is 0 Å². The van der Waals surface area contributed by atoms with E-state index in [1.54, 1.807) is 6.92 Å². The van der Waals surface area contributed by atoms with Crippen molar-refractivity contribution in [2.75, 3.05) is 0 Å². The first-order valence-electron chi connectivity index (χ1n) is 9.46. The van der Waals surface area contributed by atoms with Gasteiger partial charge in [0.1, 0.15) is 18.2 Å². The van der Waals surface area contributed by atoms with Gasteiger partial charge in [0.25, 0.3) is 0 Å². The molecule has 6 nitrogen and oxygen atoms in total. The number of hydrogen-bond acceptors (Lipinski definition) is 5. The van der Waals surface area contributed by atoms with Crippen molar-refractivity contribution in [2.45, 2.75) is 109 Å². The number of aliphatic hydroxyl groups excluding tert-OH is 3. The summed E-state index contributed by atoms with van der Waals surface area (Å²) in [6, 6.07) is -0.984. The second-order valence-electron chi connectivity index (χ2n) is 6.88. The summed E-state index contributed by atoms with van der Waals surface area (Å²) in [6.45, 7) is 3.78. The SMILES string of the molecule is CCCCCCCCCCCC(=O)N[C@@H]1[C@@H](O)[C@H](O)[C@@H](C)O[C@H]1O. The van der Waals surface area contributed by atoms with Crippen LogP contribution in [-0.4, -0.2) is 51.9 Å². The molecule has 0 saturated carbocycles. The first kappa shape index (κ1) is 21.4. The molecule has 0 bridgehead atoms. The number of carbonyl (C=O) groups is 1. The Balaban J connectivity index is 2.11. The van der Waals surface area contributed by atoms with E-state index >= 15 is 0 Å². The number of nitrogens with one attached hydrogen (secondary N) is 1. The highest BCUT2D eigenvalue weighted by molar-refractivity contribution is 5.76. The Labute approximate surface area is 145 Å². The van der Waals surface area contributed by atoms with Crippen LogP contribution in [0, 0.1) is 0 Å². The normalized spacial score (nSPS) is 30.3. The Morgan fingerprint density at radius 2 is 1.46 bits per heavy atom. The Bertz CT molecular complexity index is 352. The van der Waals surface area contributed by atoms with E-state index in [-0.39, 0.29) is 5.91 Å². The fourth-order valence-electron chi connectivity index (χ4n) is 3.05. The third-order valence-electron chi connectivity index (χ3n) is 4.70. The van der Waals surface area contributed by atoms with Crippen molar-refractivity contribution in [1.82, 2.24) is 5.32 Å². The Morgan fingerprint density at radius 3 is 2.04 bits per heavy atom. The summed E-state index contributed by atoms with van der Waals surface area (Å²) in [5, 5.41) is 32.1. The van der Waals surface area contributed by atoms with E-state index < -0.39 is 30.6 Å². The van der Waals surface area contributed by atoms with Crippen LogP contribution in [0.3, 0.4) is 0 Å². The van der Waals surface area contributed by atoms with Gasteiger partial charge < -0.3 is 25.4 Å². The summed E-state index contributed by atoms with van der Waals surface area (Å²) < 4.78 is 5.11. The average Bonchev–Trinajstić information content (AvgIpc) is 2.55. The van der Waals surface area contributed by atoms with E-state index in [0.29, 0.717) is 6.42 Å². The minimum Gasteiger partial charge on any atom is -0.388 e. The fourth-order valence-corrected chi connectivity index (χ4v) is 3.05. The van der Waals surface area contributed by atoms with Crippen LogP contribution in [0.5, 0.6) is 0 Å². The highest BCUT2D eigenvalue weighted by Crippen LogP contribution is 2.19. The van der Waals surface area contributed by atoms with Gasteiger partial charge in [-0.2, -0.15) is 0 Å². The molecular weight excluding hydrogens is 310 g/mol. The van der Waals surface area contributed by atoms with Crippen molar-refractivity contribution in [3.05, 3.63) is 0 Å². The minimum absolute atomic E-state index is 0.230. The molecule has 142 valence electrons. The zero-order valence-corrected chi connectivity index (χ0v) is 15.1. The van der Waals surface area contributed by atoms with Crippen LogP contribution in [-0.2, 0) is 9.53 Å². The molecule has 1 saturated heterocycles. The van der Waals surface area contributed by atoms with Gasteiger partial charge in [-0.25, -0.2) is 0 Å². The highest BCUT2D eigenvalue weighted by atomic mass is 16.6. The maximum Gasteiger partial charge on any atom is 0.220 e. The summed E-state index contributed by atoms with van der Waals surface area (Å²) in [6.07, 6.45) is 6.65. The summed E-state index contributed by atoms with van der Waals surface area (Å²) in [5.74, 6) is -0.230. The van der Waals surface area contributed by atoms with Crippen molar-refractivity contribution in [2.24, 2.45) is 0 Å². The quantitative estimate of drug-likeness (QED) is 0.428. The maximum atomic E-state index is 11.9. The third-order valence-corrected chi connectivity index (χ3v) is 4.70. The number of rotatable bonds is 11. The summed E-state index contributed by atoms with van der Waals surface area (Å²) in [5.41, 5.74) is 0. The summed E-state index contributed by atoms with van der Waals surface area (Å²) in [4.78, 5) is 11.9. The number of hydrogen-bond donors (Lipinski definition) is 4. The molecule has 0 spiro atoms. The smallest absolute Gasteiger partial charge is 0.220 e. The van der Waals surface area contributed by atoms with Crippen molar-refractivity contribution in [3.8, 4) is 0 Å². The first-order valence-corrected chi connectivity index (χ1v) is 9.46. The topological polar surface area (TPSA) is 99.0 Å². The van der Waals surface area contributed by atoms with Crippen molar-refractivity contribution in [1.29, 1.82) is 0 Å². The fraction of sp³-hybridized carbons (Fsp3) is 0.944. The van der Waals surface area contributed by atoms with Crippen LogP contribution in [0.25, 0.3) is 0 Å². The molecule has 0 aromatic heterocycles. The van der Waals surface area contributed by atoms with Crippen molar-refractivity contribution in [3.63, 3.8) is 0 Å². The lowest BCUT2D eigenvalue weighted by Crippen LogP contribution is -2.62. The standard InChI is InChI=1S/C18H35NO5/c1-3-4-5-6-7-8-9-10-11-12-14(20)19-15-17(22)16(21)13(2)24-18(15)23/h13,15-18,21-23H,3-12H2,1-2H3,(H,19,20)/t13-,15-,16-,17-,18-/m1/s1.